The molecular formula is C13H20O2. The lowest BCUT2D eigenvalue weighted by molar-refractivity contribution is -0.150. The summed E-state index contributed by atoms with van der Waals surface area (Å²) in [6, 6.07) is 0. The van der Waals surface area contributed by atoms with Crippen molar-refractivity contribution in [3.05, 3.63) is 24.3 Å². The van der Waals surface area contributed by atoms with Crippen molar-refractivity contribution in [3.8, 4) is 0 Å². The smallest absolute Gasteiger partial charge is 0.309 e. The fourth-order valence-corrected chi connectivity index (χ4v) is 1.66. The normalized spacial score (nSPS) is 16.9. The second-order valence-corrected chi connectivity index (χ2v) is 3.92. The van der Waals surface area contributed by atoms with Gasteiger partial charge in [0.1, 0.15) is 6.10 Å². The minimum absolute atomic E-state index is 0.0489. The van der Waals surface area contributed by atoms with Gasteiger partial charge in [-0.1, -0.05) is 38.8 Å². The van der Waals surface area contributed by atoms with Gasteiger partial charge in [-0.2, -0.15) is 0 Å². The van der Waals surface area contributed by atoms with E-state index in [0.717, 1.165) is 25.7 Å². The molecule has 0 heterocycles. The quantitative estimate of drug-likeness (QED) is 0.626. The van der Waals surface area contributed by atoms with Gasteiger partial charge in [0.05, 0.1) is 5.92 Å². The van der Waals surface area contributed by atoms with E-state index in [4.69, 9.17) is 4.74 Å². The van der Waals surface area contributed by atoms with Crippen LogP contribution in [-0.2, 0) is 9.53 Å². The van der Waals surface area contributed by atoms with Crippen LogP contribution in [0.4, 0.5) is 0 Å². The Balaban J connectivity index is 2.35. The third kappa shape index (κ3) is 3.90. The molecule has 0 amide bonds. The average molecular weight is 208 g/mol. The van der Waals surface area contributed by atoms with Crippen LogP contribution < -0.4 is 0 Å². The van der Waals surface area contributed by atoms with E-state index in [1.807, 2.05) is 31.2 Å². The molecule has 1 rings (SSSR count). The van der Waals surface area contributed by atoms with Crippen LogP contribution in [0.25, 0.3) is 0 Å². The average Bonchev–Trinajstić information content (AvgIpc) is 2.71. The Bertz CT molecular complexity index is 241. The zero-order chi connectivity index (χ0) is 11.1. The number of carbonyl (C=O) groups is 1. The van der Waals surface area contributed by atoms with Crippen LogP contribution in [0.5, 0.6) is 0 Å². The molecule has 0 bridgehead atoms. The van der Waals surface area contributed by atoms with Crippen molar-refractivity contribution in [2.75, 3.05) is 0 Å². The molecular weight excluding hydrogens is 188 g/mol. The molecule has 0 aromatic heterocycles. The first-order valence-electron chi connectivity index (χ1n) is 5.83. The standard InChI is InChI=1S/C13H20O2/c1-3-5-8-11(4-2)13(14)15-12-9-6-7-10-12/h6-7,9-12H,3-5,8H2,1-2H3. The predicted octanol–water partition coefficient (Wildman–Crippen LogP) is 3.24. The van der Waals surface area contributed by atoms with Crippen molar-refractivity contribution < 1.29 is 9.53 Å². The van der Waals surface area contributed by atoms with Crippen LogP contribution in [0.3, 0.4) is 0 Å². The van der Waals surface area contributed by atoms with Crippen LogP contribution in [0.2, 0.25) is 0 Å². The fourth-order valence-electron chi connectivity index (χ4n) is 1.66. The lowest BCUT2D eigenvalue weighted by Crippen LogP contribution is -2.21. The Morgan fingerprint density at radius 2 is 2.00 bits per heavy atom. The molecule has 2 heteroatoms. The summed E-state index contributed by atoms with van der Waals surface area (Å²) in [5.41, 5.74) is 0. The second kappa shape index (κ2) is 6.44. The van der Waals surface area contributed by atoms with Gasteiger partial charge in [-0.3, -0.25) is 4.79 Å². The largest absolute Gasteiger partial charge is 0.454 e. The highest BCUT2D eigenvalue weighted by atomic mass is 16.5. The molecule has 1 atom stereocenters. The van der Waals surface area contributed by atoms with E-state index in [1.165, 1.54) is 0 Å². The molecule has 0 radical (unpaired) electrons. The summed E-state index contributed by atoms with van der Waals surface area (Å²) in [6.07, 6.45) is 11.5. The Kier molecular flexibility index (Phi) is 5.16. The highest BCUT2D eigenvalue weighted by Gasteiger charge is 2.19. The summed E-state index contributed by atoms with van der Waals surface area (Å²) < 4.78 is 5.35. The Labute approximate surface area is 92.0 Å². The molecule has 0 fully saturated rings. The third-order valence-electron chi connectivity index (χ3n) is 2.70. The molecule has 0 aromatic rings. The summed E-state index contributed by atoms with van der Waals surface area (Å²) in [7, 11) is 0. The Morgan fingerprint density at radius 3 is 2.53 bits per heavy atom. The van der Waals surface area contributed by atoms with E-state index in [-0.39, 0.29) is 18.0 Å². The summed E-state index contributed by atoms with van der Waals surface area (Å²) in [6.45, 7) is 4.18. The Morgan fingerprint density at radius 1 is 1.33 bits per heavy atom. The molecule has 2 nitrogen and oxygen atoms in total. The van der Waals surface area contributed by atoms with Crippen LogP contribution in [-0.4, -0.2) is 12.1 Å². The van der Waals surface area contributed by atoms with Gasteiger partial charge in [0, 0.05) is 0 Å². The van der Waals surface area contributed by atoms with Gasteiger partial charge in [0.15, 0.2) is 0 Å². The maximum atomic E-state index is 11.7. The predicted molar refractivity (Wildman–Crippen MR) is 61.5 cm³/mol. The summed E-state index contributed by atoms with van der Waals surface area (Å²) in [5, 5.41) is 0. The Hall–Kier alpha value is -1.05. The van der Waals surface area contributed by atoms with Crippen molar-refractivity contribution in [3.63, 3.8) is 0 Å². The van der Waals surface area contributed by atoms with Gasteiger partial charge in [0.2, 0.25) is 0 Å². The van der Waals surface area contributed by atoms with Crippen LogP contribution in [0, 0.1) is 5.92 Å². The molecule has 0 aliphatic heterocycles. The van der Waals surface area contributed by atoms with Crippen molar-refractivity contribution >= 4 is 5.97 Å². The minimum atomic E-state index is -0.131. The second-order valence-electron chi connectivity index (χ2n) is 3.92. The minimum Gasteiger partial charge on any atom is -0.454 e. The van der Waals surface area contributed by atoms with Gasteiger partial charge in [0.25, 0.3) is 0 Å². The van der Waals surface area contributed by atoms with E-state index in [2.05, 4.69) is 6.92 Å². The molecule has 1 unspecified atom stereocenters. The molecule has 1 aliphatic carbocycles. The number of rotatable bonds is 6. The SMILES string of the molecule is CCCCC(CC)C(=O)OC1C=CC=C1. The molecule has 84 valence electrons. The third-order valence-corrected chi connectivity index (χ3v) is 2.70. The van der Waals surface area contributed by atoms with E-state index < -0.39 is 0 Å². The highest BCUT2D eigenvalue weighted by molar-refractivity contribution is 5.73. The van der Waals surface area contributed by atoms with E-state index >= 15 is 0 Å². The monoisotopic (exact) mass is 208 g/mol. The van der Waals surface area contributed by atoms with Gasteiger partial charge in [-0.05, 0) is 25.0 Å². The number of ether oxygens (including phenoxy) is 1. The molecule has 15 heavy (non-hydrogen) atoms. The number of hydrogen-bond donors (Lipinski definition) is 0. The molecule has 0 saturated carbocycles. The van der Waals surface area contributed by atoms with E-state index in [9.17, 15) is 4.79 Å². The van der Waals surface area contributed by atoms with Crippen molar-refractivity contribution in [1.82, 2.24) is 0 Å². The van der Waals surface area contributed by atoms with Crippen LogP contribution in [0.1, 0.15) is 39.5 Å². The number of hydrogen-bond acceptors (Lipinski definition) is 2. The lowest BCUT2D eigenvalue weighted by atomic mass is 10.00. The maximum absolute atomic E-state index is 11.7. The molecule has 0 saturated heterocycles. The first-order chi connectivity index (χ1) is 7.27. The molecule has 0 aromatic carbocycles. The zero-order valence-electron chi connectivity index (χ0n) is 9.61. The number of allylic oxidation sites excluding steroid dienone is 2. The van der Waals surface area contributed by atoms with Crippen molar-refractivity contribution in [2.45, 2.75) is 45.6 Å². The number of carbonyl (C=O) groups excluding carboxylic acids is 1. The summed E-state index contributed by atoms with van der Waals surface area (Å²) in [5.74, 6) is 0.0273. The van der Waals surface area contributed by atoms with Crippen molar-refractivity contribution in [1.29, 1.82) is 0 Å². The van der Waals surface area contributed by atoms with E-state index in [1.54, 1.807) is 0 Å². The van der Waals surface area contributed by atoms with Gasteiger partial charge in [-0.25, -0.2) is 0 Å². The van der Waals surface area contributed by atoms with Crippen LogP contribution in [0.15, 0.2) is 24.3 Å². The first kappa shape index (κ1) is 12.0. The zero-order valence-corrected chi connectivity index (χ0v) is 9.61. The first-order valence-corrected chi connectivity index (χ1v) is 5.83. The van der Waals surface area contributed by atoms with Crippen LogP contribution >= 0.6 is 0 Å². The molecule has 0 spiro atoms. The van der Waals surface area contributed by atoms with E-state index in [0.29, 0.717) is 0 Å². The highest BCUT2D eigenvalue weighted by Crippen LogP contribution is 2.16. The number of esters is 1. The lowest BCUT2D eigenvalue weighted by Gasteiger charge is -2.15. The maximum Gasteiger partial charge on any atom is 0.309 e. The summed E-state index contributed by atoms with van der Waals surface area (Å²) in [4.78, 5) is 11.7. The fraction of sp³-hybridized carbons (Fsp3) is 0.615. The van der Waals surface area contributed by atoms with Gasteiger partial charge < -0.3 is 4.74 Å². The topological polar surface area (TPSA) is 26.3 Å². The van der Waals surface area contributed by atoms with Crippen molar-refractivity contribution in [2.24, 2.45) is 5.92 Å². The molecule has 0 N–H and O–H groups in total. The summed E-state index contributed by atoms with van der Waals surface area (Å²) >= 11 is 0. The number of unbranched alkanes of at least 4 members (excludes halogenated alkanes) is 1. The molecule has 1 aliphatic rings. The van der Waals surface area contributed by atoms with Gasteiger partial charge >= 0.3 is 5.97 Å². The van der Waals surface area contributed by atoms with Gasteiger partial charge in [-0.15, -0.1) is 0 Å².